The lowest BCUT2D eigenvalue weighted by atomic mass is 10.2. The van der Waals surface area contributed by atoms with Gasteiger partial charge in [0.05, 0.1) is 9.79 Å². The van der Waals surface area contributed by atoms with Gasteiger partial charge in [0.2, 0.25) is 20.0 Å². The molecule has 0 atom stereocenters. The Morgan fingerprint density at radius 3 is 1.93 bits per heavy atom. The van der Waals surface area contributed by atoms with E-state index in [1.165, 1.54) is 24.3 Å². The lowest BCUT2D eigenvalue weighted by Crippen LogP contribution is -2.31. The largest absolute Gasteiger partial charge is 0.243 e. The summed E-state index contributed by atoms with van der Waals surface area (Å²) in [6.45, 7) is 1.34. The average Bonchev–Trinajstić information content (AvgIpc) is 2.99. The first kappa shape index (κ1) is 22.2. The molecule has 0 bridgehead atoms. The van der Waals surface area contributed by atoms with Crippen LogP contribution >= 0.6 is 11.6 Å². The summed E-state index contributed by atoms with van der Waals surface area (Å²) in [7, 11) is -7.08. The molecule has 1 aliphatic heterocycles. The van der Waals surface area contributed by atoms with Crippen molar-refractivity contribution in [2.24, 2.45) is 0 Å². The quantitative estimate of drug-likeness (QED) is 0.691. The third kappa shape index (κ3) is 5.79. The van der Waals surface area contributed by atoms with E-state index in [0.29, 0.717) is 24.5 Å². The SMILES string of the molecule is O=S(=O)(NCCc1ccc(S(=O)(=O)N2CCCCCC2)cc1)c1ccc(Cl)cc1. The maximum atomic E-state index is 12.8. The molecule has 0 spiro atoms. The minimum atomic E-state index is -3.61. The third-order valence-corrected chi connectivity index (χ3v) is 8.60. The molecule has 3 rings (SSSR count). The van der Waals surface area contributed by atoms with E-state index >= 15 is 0 Å². The van der Waals surface area contributed by atoms with Crippen LogP contribution in [0.1, 0.15) is 31.2 Å². The molecule has 0 aromatic heterocycles. The fraction of sp³-hybridized carbons (Fsp3) is 0.400. The van der Waals surface area contributed by atoms with Gasteiger partial charge in [-0.1, -0.05) is 36.6 Å². The number of sulfonamides is 2. The van der Waals surface area contributed by atoms with Gasteiger partial charge in [-0.15, -0.1) is 0 Å². The van der Waals surface area contributed by atoms with Crippen molar-refractivity contribution in [2.45, 2.75) is 41.9 Å². The summed E-state index contributed by atoms with van der Waals surface area (Å²) in [6, 6.07) is 12.6. The van der Waals surface area contributed by atoms with Crippen molar-refractivity contribution in [3.8, 4) is 0 Å². The van der Waals surface area contributed by atoms with Gasteiger partial charge in [0, 0.05) is 24.7 Å². The molecule has 29 heavy (non-hydrogen) atoms. The van der Waals surface area contributed by atoms with Gasteiger partial charge in [-0.2, -0.15) is 4.31 Å². The maximum Gasteiger partial charge on any atom is 0.243 e. The first-order chi connectivity index (χ1) is 13.8. The van der Waals surface area contributed by atoms with E-state index in [-0.39, 0.29) is 16.3 Å². The molecule has 0 unspecified atom stereocenters. The Hall–Kier alpha value is -1.45. The molecular weight excluding hydrogens is 432 g/mol. The van der Waals surface area contributed by atoms with Gasteiger partial charge in [0.1, 0.15) is 0 Å². The number of halogens is 1. The van der Waals surface area contributed by atoms with Crippen LogP contribution in [0.4, 0.5) is 0 Å². The van der Waals surface area contributed by atoms with E-state index in [4.69, 9.17) is 11.6 Å². The van der Waals surface area contributed by atoms with Crippen LogP contribution in [-0.2, 0) is 26.5 Å². The summed E-state index contributed by atoms with van der Waals surface area (Å²) in [5, 5.41) is 0.471. The van der Waals surface area contributed by atoms with Crippen LogP contribution < -0.4 is 4.72 Å². The highest BCUT2D eigenvalue weighted by molar-refractivity contribution is 7.89. The Bertz CT molecular complexity index is 1010. The van der Waals surface area contributed by atoms with Crippen molar-refractivity contribution in [2.75, 3.05) is 19.6 Å². The Kier molecular flexibility index (Phi) is 7.34. The monoisotopic (exact) mass is 456 g/mol. The lowest BCUT2D eigenvalue weighted by molar-refractivity contribution is 0.423. The Morgan fingerprint density at radius 1 is 0.793 bits per heavy atom. The maximum absolute atomic E-state index is 12.8. The van der Waals surface area contributed by atoms with Crippen LogP contribution in [0.5, 0.6) is 0 Å². The van der Waals surface area contributed by atoms with E-state index in [1.54, 1.807) is 28.6 Å². The molecule has 1 saturated heterocycles. The van der Waals surface area contributed by atoms with Crippen molar-refractivity contribution >= 4 is 31.6 Å². The van der Waals surface area contributed by atoms with Crippen molar-refractivity contribution in [3.05, 3.63) is 59.1 Å². The van der Waals surface area contributed by atoms with E-state index in [2.05, 4.69) is 4.72 Å². The minimum Gasteiger partial charge on any atom is -0.211 e. The summed E-state index contributed by atoms with van der Waals surface area (Å²) >= 11 is 5.79. The van der Waals surface area contributed by atoms with Crippen molar-refractivity contribution in [1.82, 2.24) is 9.03 Å². The second-order valence-electron chi connectivity index (χ2n) is 7.06. The highest BCUT2D eigenvalue weighted by Crippen LogP contribution is 2.21. The summed E-state index contributed by atoms with van der Waals surface area (Å²) in [5.41, 5.74) is 0.860. The van der Waals surface area contributed by atoms with E-state index in [9.17, 15) is 16.8 Å². The van der Waals surface area contributed by atoms with Crippen LogP contribution in [-0.4, -0.2) is 40.8 Å². The molecule has 1 heterocycles. The molecular formula is C20H25ClN2O4S2. The van der Waals surface area contributed by atoms with Crippen LogP contribution in [0, 0.1) is 0 Å². The molecule has 0 saturated carbocycles. The number of nitrogens with zero attached hydrogens (tertiary/aromatic N) is 1. The summed E-state index contributed by atoms with van der Waals surface area (Å²) in [4.78, 5) is 0.436. The second kappa shape index (κ2) is 9.57. The van der Waals surface area contributed by atoms with Crippen molar-refractivity contribution in [3.63, 3.8) is 0 Å². The fourth-order valence-electron chi connectivity index (χ4n) is 3.29. The van der Waals surface area contributed by atoms with Crippen LogP contribution in [0.15, 0.2) is 58.3 Å². The molecule has 0 radical (unpaired) electrons. The van der Waals surface area contributed by atoms with Crippen molar-refractivity contribution in [1.29, 1.82) is 0 Å². The predicted molar refractivity (Wildman–Crippen MR) is 114 cm³/mol. The number of hydrogen-bond acceptors (Lipinski definition) is 4. The summed E-state index contributed by atoms with van der Waals surface area (Å²) in [5.74, 6) is 0. The molecule has 6 nitrogen and oxygen atoms in total. The number of benzene rings is 2. The molecule has 1 fully saturated rings. The van der Waals surface area contributed by atoms with E-state index in [1.807, 2.05) is 0 Å². The summed E-state index contributed by atoms with van der Waals surface area (Å²) < 4.78 is 54.3. The molecule has 158 valence electrons. The van der Waals surface area contributed by atoms with Gasteiger partial charge in [-0.05, 0) is 61.2 Å². The Morgan fingerprint density at radius 2 is 1.34 bits per heavy atom. The fourth-order valence-corrected chi connectivity index (χ4v) is 5.96. The highest BCUT2D eigenvalue weighted by Gasteiger charge is 2.24. The summed E-state index contributed by atoms with van der Waals surface area (Å²) in [6.07, 6.45) is 4.38. The van der Waals surface area contributed by atoms with E-state index < -0.39 is 20.0 Å². The van der Waals surface area contributed by atoms with Crippen molar-refractivity contribution < 1.29 is 16.8 Å². The highest BCUT2D eigenvalue weighted by atomic mass is 35.5. The molecule has 2 aromatic rings. The number of rotatable bonds is 7. The van der Waals surface area contributed by atoms with Gasteiger partial charge in [-0.25, -0.2) is 21.6 Å². The van der Waals surface area contributed by atoms with Gasteiger partial charge in [0.15, 0.2) is 0 Å². The van der Waals surface area contributed by atoms with Gasteiger partial charge in [-0.3, -0.25) is 0 Å². The van der Waals surface area contributed by atoms with Crippen LogP contribution in [0.25, 0.3) is 0 Å². The molecule has 1 aliphatic rings. The molecule has 9 heteroatoms. The first-order valence-electron chi connectivity index (χ1n) is 9.63. The smallest absolute Gasteiger partial charge is 0.211 e. The topological polar surface area (TPSA) is 83.5 Å². The van der Waals surface area contributed by atoms with E-state index in [0.717, 1.165) is 31.2 Å². The minimum absolute atomic E-state index is 0.154. The lowest BCUT2D eigenvalue weighted by Gasteiger charge is -2.20. The normalized spacial score (nSPS) is 16.4. The molecule has 0 aliphatic carbocycles. The zero-order chi connectivity index (χ0) is 20.9. The molecule has 0 amide bonds. The molecule has 1 N–H and O–H groups in total. The van der Waals surface area contributed by atoms with Crippen LogP contribution in [0.2, 0.25) is 5.02 Å². The zero-order valence-electron chi connectivity index (χ0n) is 16.1. The van der Waals surface area contributed by atoms with Gasteiger partial charge >= 0.3 is 0 Å². The second-order valence-corrected chi connectivity index (χ2v) is 11.2. The average molecular weight is 457 g/mol. The zero-order valence-corrected chi connectivity index (χ0v) is 18.4. The third-order valence-electron chi connectivity index (χ3n) is 4.96. The van der Waals surface area contributed by atoms with Gasteiger partial charge in [0.25, 0.3) is 0 Å². The Labute approximate surface area is 178 Å². The predicted octanol–water partition coefficient (Wildman–Crippen LogP) is 3.43. The number of hydrogen-bond donors (Lipinski definition) is 1. The molecule has 2 aromatic carbocycles. The first-order valence-corrected chi connectivity index (χ1v) is 12.9. The standard InChI is InChI=1S/C20H25ClN2O4S2/c21-18-7-11-19(12-8-18)28(24,25)22-14-13-17-5-9-20(10-6-17)29(26,27)23-15-3-1-2-4-16-23/h5-12,22H,1-4,13-16H2. The number of nitrogens with one attached hydrogen (secondary N) is 1. The Balaban J connectivity index is 1.60. The van der Waals surface area contributed by atoms with Gasteiger partial charge < -0.3 is 0 Å². The van der Waals surface area contributed by atoms with Crippen LogP contribution in [0.3, 0.4) is 0 Å².